The lowest BCUT2D eigenvalue weighted by Crippen LogP contribution is -2.41. The van der Waals surface area contributed by atoms with Crippen molar-refractivity contribution >= 4 is 29.2 Å². The van der Waals surface area contributed by atoms with Crippen LogP contribution >= 0.6 is 11.6 Å². The van der Waals surface area contributed by atoms with E-state index in [1.54, 1.807) is 0 Å². The highest BCUT2D eigenvalue weighted by Gasteiger charge is 2.31. The molecule has 0 aliphatic rings. The number of guanidine groups is 2. The van der Waals surface area contributed by atoms with E-state index in [0.29, 0.717) is 0 Å². The maximum absolute atomic E-state index is 12.5. The molecule has 1 aromatic carbocycles. The SMILES string of the molecule is CNC(=N)NC(=N)Nc1cc(C(F)(F)F)ccc1Cl. The van der Waals surface area contributed by atoms with Gasteiger partial charge in [-0.3, -0.25) is 16.1 Å². The van der Waals surface area contributed by atoms with Gasteiger partial charge in [0.1, 0.15) is 0 Å². The summed E-state index contributed by atoms with van der Waals surface area (Å²) in [6.07, 6.45) is -4.49. The van der Waals surface area contributed by atoms with Crippen molar-refractivity contribution in [2.45, 2.75) is 6.18 Å². The predicted octanol–water partition coefficient (Wildman–Crippen LogP) is 2.45. The smallest absolute Gasteiger partial charge is 0.359 e. The fraction of sp³-hybridized carbons (Fsp3) is 0.200. The van der Waals surface area contributed by atoms with Gasteiger partial charge in [-0.1, -0.05) is 11.6 Å². The second-order valence-corrected chi connectivity index (χ2v) is 3.85. The Kier molecular flexibility index (Phi) is 4.60. The van der Waals surface area contributed by atoms with Gasteiger partial charge < -0.3 is 10.6 Å². The standard InChI is InChI=1S/C10H11ClF3N5/c1-17-8(15)19-9(16)18-7-4-5(10(12,13)14)2-3-6(7)11/h2-4H,1H3,(H5,15,16,17,18,19). The summed E-state index contributed by atoms with van der Waals surface area (Å²) in [7, 11) is 1.46. The van der Waals surface area contributed by atoms with Gasteiger partial charge >= 0.3 is 6.18 Å². The van der Waals surface area contributed by atoms with Crippen LogP contribution in [-0.4, -0.2) is 19.0 Å². The molecule has 5 nitrogen and oxygen atoms in total. The second-order valence-electron chi connectivity index (χ2n) is 3.44. The number of rotatable bonds is 1. The summed E-state index contributed by atoms with van der Waals surface area (Å²) in [5.41, 5.74) is -0.950. The molecule has 0 heterocycles. The normalized spacial score (nSPS) is 10.8. The Hall–Kier alpha value is -1.96. The van der Waals surface area contributed by atoms with Crippen LogP contribution in [0.5, 0.6) is 0 Å². The third-order valence-corrected chi connectivity index (χ3v) is 2.38. The van der Waals surface area contributed by atoms with Crippen LogP contribution in [0.25, 0.3) is 0 Å². The number of benzene rings is 1. The average Bonchev–Trinajstić information content (AvgIpc) is 2.30. The van der Waals surface area contributed by atoms with Gasteiger partial charge in [0.25, 0.3) is 0 Å². The van der Waals surface area contributed by atoms with Crippen molar-refractivity contribution in [3.05, 3.63) is 28.8 Å². The van der Waals surface area contributed by atoms with E-state index in [1.165, 1.54) is 7.05 Å². The molecule has 0 bridgehead atoms. The Morgan fingerprint density at radius 1 is 1.21 bits per heavy atom. The predicted molar refractivity (Wildman–Crippen MR) is 67.7 cm³/mol. The van der Waals surface area contributed by atoms with E-state index in [-0.39, 0.29) is 22.6 Å². The quantitative estimate of drug-likeness (QED) is 0.407. The van der Waals surface area contributed by atoms with Crippen molar-refractivity contribution in [2.75, 3.05) is 12.4 Å². The first-order valence-electron chi connectivity index (χ1n) is 4.99. The van der Waals surface area contributed by atoms with E-state index in [1.807, 2.05) is 0 Å². The number of halogens is 4. The van der Waals surface area contributed by atoms with Gasteiger partial charge in [0, 0.05) is 7.05 Å². The lowest BCUT2D eigenvalue weighted by atomic mass is 10.2. The third-order valence-electron chi connectivity index (χ3n) is 2.05. The van der Waals surface area contributed by atoms with E-state index in [0.717, 1.165) is 18.2 Å². The minimum absolute atomic E-state index is 0.0375. The summed E-state index contributed by atoms with van der Waals surface area (Å²) in [5, 5.41) is 21.7. The summed E-state index contributed by atoms with van der Waals surface area (Å²) in [6.45, 7) is 0. The summed E-state index contributed by atoms with van der Waals surface area (Å²) < 4.78 is 37.6. The van der Waals surface area contributed by atoms with Crippen LogP contribution in [0, 0.1) is 10.8 Å². The van der Waals surface area contributed by atoms with Crippen LogP contribution in [0.1, 0.15) is 5.56 Å². The summed E-state index contributed by atoms with van der Waals surface area (Å²) in [4.78, 5) is 0. The summed E-state index contributed by atoms with van der Waals surface area (Å²) in [5.74, 6) is -0.554. The molecule has 5 N–H and O–H groups in total. The van der Waals surface area contributed by atoms with Gasteiger partial charge in [-0.15, -0.1) is 0 Å². The molecule has 1 rings (SSSR count). The van der Waals surface area contributed by atoms with Crippen LogP contribution in [0.15, 0.2) is 18.2 Å². The number of nitrogens with one attached hydrogen (secondary N) is 5. The highest BCUT2D eigenvalue weighted by molar-refractivity contribution is 6.33. The first kappa shape index (κ1) is 15.1. The van der Waals surface area contributed by atoms with Crippen LogP contribution in [0.4, 0.5) is 18.9 Å². The van der Waals surface area contributed by atoms with Gasteiger partial charge in [0.05, 0.1) is 16.3 Å². The molecule has 0 unspecified atom stereocenters. The third kappa shape index (κ3) is 4.32. The first-order valence-corrected chi connectivity index (χ1v) is 5.37. The monoisotopic (exact) mass is 293 g/mol. The van der Waals surface area contributed by atoms with E-state index < -0.39 is 11.7 Å². The second kappa shape index (κ2) is 5.79. The van der Waals surface area contributed by atoms with Crippen LogP contribution in [0.3, 0.4) is 0 Å². The molecular weight excluding hydrogens is 283 g/mol. The zero-order valence-electron chi connectivity index (χ0n) is 9.74. The molecule has 0 saturated heterocycles. The summed E-state index contributed by atoms with van der Waals surface area (Å²) >= 11 is 5.74. The fourth-order valence-corrected chi connectivity index (χ4v) is 1.32. The molecule has 0 aliphatic carbocycles. The first-order chi connectivity index (χ1) is 8.74. The lowest BCUT2D eigenvalue weighted by Gasteiger charge is -2.14. The zero-order chi connectivity index (χ0) is 14.6. The van der Waals surface area contributed by atoms with Gasteiger partial charge in [0.2, 0.25) is 0 Å². The lowest BCUT2D eigenvalue weighted by molar-refractivity contribution is -0.137. The fourth-order valence-electron chi connectivity index (χ4n) is 1.15. The maximum Gasteiger partial charge on any atom is 0.416 e. The highest BCUT2D eigenvalue weighted by Crippen LogP contribution is 2.33. The number of anilines is 1. The number of hydrogen-bond donors (Lipinski definition) is 5. The molecular formula is C10H11ClF3N5. The molecule has 0 radical (unpaired) electrons. The Morgan fingerprint density at radius 2 is 1.84 bits per heavy atom. The van der Waals surface area contributed by atoms with Gasteiger partial charge in [-0.25, -0.2) is 0 Å². The van der Waals surface area contributed by atoms with Crippen molar-refractivity contribution in [3.8, 4) is 0 Å². The van der Waals surface area contributed by atoms with Gasteiger partial charge in [0.15, 0.2) is 11.9 Å². The van der Waals surface area contributed by atoms with Crippen molar-refractivity contribution in [3.63, 3.8) is 0 Å². The number of hydrogen-bond acceptors (Lipinski definition) is 2. The molecule has 0 fully saturated rings. The van der Waals surface area contributed by atoms with E-state index >= 15 is 0 Å². The van der Waals surface area contributed by atoms with E-state index in [2.05, 4.69) is 16.0 Å². The van der Waals surface area contributed by atoms with Gasteiger partial charge in [-0.2, -0.15) is 13.2 Å². The Balaban J connectivity index is 2.89. The Labute approximate surface area is 112 Å². The molecule has 9 heteroatoms. The average molecular weight is 294 g/mol. The van der Waals surface area contributed by atoms with Crippen LogP contribution in [0.2, 0.25) is 5.02 Å². The maximum atomic E-state index is 12.5. The molecule has 0 aliphatic heterocycles. The van der Waals surface area contributed by atoms with Crippen molar-refractivity contribution in [1.29, 1.82) is 10.8 Å². The number of alkyl halides is 3. The molecule has 0 saturated carbocycles. The topological polar surface area (TPSA) is 83.8 Å². The van der Waals surface area contributed by atoms with E-state index in [4.69, 9.17) is 22.4 Å². The van der Waals surface area contributed by atoms with Crippen molar-refractivity contribution in [1.82, 2.24) is 10.6 Å². The Bertz CT molecular complexity index is 500. The molecule has 0 spiro atoms. The molecule has 19 heavy (non-hydrogen) atoms. The zero-order valence-corrected chi connectivity index (χ0v) is 10.5. The highest BCUT2D eigenvalue weighted by atomic mass is 35.5. The Morgan fingerprint density at radius 3 is 2.37 bits per heavy atom. The largest absolute Gasteiger partial charge is 0.416 e. The minimum atomic E-state index is -4.49. The van der Waals surface area contributed by atoms with Gasteiger partial charge in [-0.05, 0) is 18.2 Å². The molecule has 1 aromatic rings. The van der Waals surface area contributed by atoms with E-state index in [9.17, 15) is 13.2 Å². The molecule has 0 atom stereocenters. The minimum Gasteiger partial charge on any atom is -0.359 e. The summed E-state index contributed by atoms with van der Waals surface area (Å²) in [6, 6.07) is 2.73. The van der Waals surface area contributed by atoms with Crippen LogP contribution in [-0.2, 0) is 6.18 Å². The molecule has 0 amide bonds. The molecule has 104 valence electrons. The molecule has 0 aromatic heterocycles. The van der Waals surface area contributed by atoms with Crippen molar-refractivity contribution in [2.24, 2.45) is 0 Å². The van der Waals surface area contributed by atoms with Crippen molar-refractivity contribution < 1.29 is 13.2 Å². The van der Waals surface area contributed by atoms with Crippen LogP contribution < -0.4 is 16.0 Å².